The summed E-state index contributed by atoms with van der Waals surface area (Å²) in [6.45, 7) is 2.59. The quantitative estimate of drug-likeness (QED) is 0.314. The lowest BCUT2D eigenvalue weighted by Gasteiger charge is -2.27. The molecule has 0 radical (unpaired) electrons. The monoisotopic (exact) mass is 477 g/mol. The van der Waals surface area contributed by atoms with Crippen molar-refractivity contribution in [1.29, 1.82) is 0 Å². The molecule has 1 aliphatic rings. The SMILES string of the molecule is Cc1oc2c(Cl)cccc2c1CCNc1cc(-c2ccc(C(=O)O)c(OC3CCC3)c2)ncn1. The van der Waals surface area contributed by atoms with Gasteiger partial charge in [-0.05, 0) is 50.8 Å². The molecule has 2 aromatic heterocycles. The highest BCUT2D eigenvalue weighted by Crippen LogP contribution is 2.33. The van der Waals surface area contributed by atoms with Crippen LogP contribution in [0.5, 0.6) is 5.75 Å². The second-order valence-electron chi connectivity index (χ2n) is 8.41. The standard InChI is InChI=1S/C26H24ClN3O4/c1-15-18(19-6-3-7-21(27)25(19)33-15)10-11-28-24-13-22(29-14-30-24)16-8-9-20(26(31)32)23(12-16)34-17-4-2-5-17/h3,6-9,12-14,17H,2,4-5,10-11H2,1H3,(H,31,32)(H,28,29,30). The first-order valence-corrected chi connectivity index (χ1v) is 11.6. The van der Waals surface area contributed by atoms with E-state index in [-0.39, 0.29) is 11.7 Å². The van der Waals surface area contributed by atoms with E-state index in [1.165, 1.54) is 6.33 Å². The van der Waals surface area contributed by atoms with E-state index >= 15 is 0 Å². The molecule has 0 unspecified atom stereocenters. The number of carboxylic acids is 1. The Labute approximate surface area is 201 Å². The third kappa shape index (κ3) is 4.43. The Morgan fingerprint density at radius 1 is 1.24 bits per heavy atom. The summed E-state index contributed by atoms with van der Waals surface area (Å²) in [6.07, 6.45) is 5.31. The van der Waals surface area contributed by atoms with Crippen molar-refractivity contribution in [2.45, 2.75) is 38.7 Å². The number of ether oxygens (including phenoxy) is 1. The first kappa shape index (κ1) is 22.2. The highest BCUT2D eigenvalue weighted by molar-refractivity contribution is 6.34. The van der Waals surface area contributed by atoms with Crippen molar-refractivity contribution in [3.05, 3.63) is 70.7 Å². The predicted molar refractivity (Wildman–Crippen MR) is 131 cm³/mol. The Morgan fingerprint density at radius 2 is 2.09 bits per heavy atom. The van der Waals surface area contributed by atoms with Gasteiger partial charge in [0.15, 0.2) is 5.58 Å². The van der Waals surface area contributed by atoms with Crippen molar-refractivity contribution in [2.24, 2.45) is 0 Å². The Bertz CT molecular complexity index is 1360. The van der Waals surface area contributed by atoms with Crippen LogP contribution in [0.2, 0.25) is 5.02 Å². The number of aromatic carboxylic acids is 1. The average molecular weight is 478 g/mol. The van der Waals surface area contributed by atoms with Gasteiger partial charge in [0.1, 0.15) is 29.2 Å². The number of carbonyl (C=O) groups is 1. The summed E-state index contributed by atoms with van der Waals surface area (Å²) in [4.78, 5) is 20.3. The van der Waals surface area contributed by atoms with Crippen LogP contribution in [0.15, 0.2) is 53.2 Å². The van der Waals surface area contributed by atoms with Crippen LogP contribution in [-0.2, 0) is 6.42 Å². The number of anilines is 1. The van der Waals surface area contributed by atoms with E-state index in [4.69, 9.17) is 20.8 Å². The summed E-state index contributed by atoms with van der Waals surface area (Å²) in [5, 5.41) is 14.5. The number of hydrogen-bond acceptors (Lipinski definition) is 6. The topological polar surface area (TPSA) is 97.5 Å². The van der Waals surface area contributed by atoms with E-state index in [1.807, 2.05) is 31.2 Å². The molecule has 174 valence electrons. The predicted octanol–water partition coefficient (Wildman–Crippen LogP) is 6.14. The molecule has 0 bridgehead atoms. The number of halogens is 1. The third-order valence-electron chi connectivity index (χ3n) is 6.17. The maximum absolute atomic E-state index is 11.6. The van der Waals surface area contributed by atoms with Gasteiger partial charge in [0.2, 0.25) is 0 Å². The van der Waals surface area contributed by atoms with Crippen LogP contribution >= 0.6 is 11.6 Å². The fraction of sp³-hybridized carbons (Fsp3) is 0.269. The maximum atomic E-state index is 11.6. The van der Waals surface area contributed by atoms with Gasteiger partial charge in [0, 0.05) is 29.1 Å². The molecule has 7 nitrogen and oxygen atoms in total. The minimum Gasteiger partial charge on any atom is -0.490 e. The summed E-state index contributed by atoms with van der Waals surface area (Å²) in [6, 6.07) is 12.7. The first-order valence-electron chi connectivity index (χ1n) is 11.3. The third-order valence-corrected chi connectivity index (χ3v) is 6.47. The number of rotatable bonds is 8. The van der Waals surface area contributed by atoms with E-state index in [9.17, 15) is 9.90 Å². The number of carboxylic acid groups (broad SMARTS) is 1. The highest BCUT2D eigenvalue weighted by Gasteiger charge is 2.22. The van der Waals surface area contributed by atoms with Crippen molar-refractivity contribution in [3.63, 3.8) is 0 Å². The number of benzene rings is 2. The van der Waals surface area contributed by atoms with Crippen molar-refractivity contribution >= 4 is 34.4 Å². The Hall–Kier alpha value is -3.58. The molecular weight excluding hydrogens is 454 g/mol. The van der Waals surface area contributed by atoms with Crippen molar-refractivity contribution < 1.29 is 19.1 Å². The molecule has 0 spiro atoms. The van der Waals surface area contributed by atoms with Gasteiger partial charge in [0.05, 0.1) is 16.8 Å². The Kier molecular flexibility index (Phi) is 6.11. The van der Waals surface area contributed by atoms with Crippen LogP contribution < -0.4 is 10.1 Å². The van der Waals surface area contributed by atoms with Crippen LogP contribution in [0.1, 0.15) is 40.9 Å². The van der Waals surface area contributed by atoms with Gasteiger partial charge in [0.25, 0.3) is 0 Å². The molecule has 5 rings (SSSR count). The lowest BCUT2D eigenvalue weighted by molar-refractivity contribution is 0.0680. The molecular formula is C26H24ClN3O4. The smallest absolute Gasteiger partial charge is 0.339 e. The fourth-order valence-electron chi connectivity index (χ4n) is 4.12. The first-order chi connectivity index (χ1) is 16.5. The molecule has 2 heterocycles. The normalized spacial score (nSPS) is 13.6. The van der Waals surface area contributed by atoms with E-state index in [2.05, 4.69) is 15.3 Å². The van der Waals surface area contributed by atoms with Crippen LogP contribution in [-0.4, -0.2) is 33.7 Å². The molecule has 0 atom stereocenters. The van der Waals surface area contributed by atoms with Gasteiger partial charge in [-0.2, -0.15) is 0 Å². The molecule has 4 aromatic rings. The number of hydrogen-bond donors (Lipinski definition) is 2. The lowest BCUT2D eigenvalue weighted by Crippen LogP contribution is -2.25. The average Bonchev–Trinajstić information content (AvgIpc) is 3.13. The zero-order chi connectivity index (χ0) is 23.7. The number of para-hydroxylation sites is 1. The summed E-state index contributed by atoms with van der Waals surface area (Å²) < 4.78 is 11.8. The Morgan fingerprint density at radius 3 is 2.85 bits per heavy atom. The molecule has 0 saturated heterocycles. The molecule has 34 heavy (non-hydrogen) atoms. The van der Waals surface area contributed by atoms with Gasteiger partial charge in [-0.3, -0.25) is 0 Å². The largest absolute Gasteiger partial charge is 0.490 e. The van der Waals surface area contributed by atoms with Gasteiger partial charge in [-0.15, -0.1) is 0 Å². The van der Waals surface area contributed by atoms with E-state index in [1.54, 1.807) is 18.2 Å². The van der Waals surface area contributed by atoms with Crippen LogP contribution in [0.4, 0.5) is 5.82 Å². The lowest BCUT2D eigenvalue weighted by atomic mass is 9.96. The van der Waals surface area contributed by atoms with E-state index in [0.717, 1.165) is 48.0 Å². The van der Waals surface area contributed by atoms with Crippen molar-refractivity contribution in [3.8, 4) is 17.0 Å². The zero-order valence-corrected chi connectivity index (χ0v) is 19.4. The number of aryl methyl sites for hydroxylation is 1. The highest BCUT2D eigenvalue weighted by atomic mass is 35.5. The Balaban J connectivity index is 1.32. The molecule has 1 fully saturated rings. The van der Waals surface area contributed by atoms with Crippen molar-refractivity contribution in [1.82, 2.24) is 9.97 Å². The molecule has 2 N–H and O–H groups in total. The molecule has 1 aliphatic carbocycles. The minimum atomic E-state index is -1.01. The van der Waals surface area contributed by atoms with Crippen LogP contribution in [0.3, 0.4) is 0 Å². The number of fused-ring (bicyclic) bond motifs is 1. The molecule has 1 saturated carbocycles. The van der Waals surface area contributed by atoms with Crippen molar-refractivity contribution in [2.75, 3.05) is 11.9 Å². The van der Waals surface area contributed by atoms with E-state index in [0.29, 0.717) is 34.4 Å². The number of aromatic nitrogens is 2. The maximum Gasteiger partial charge on any atom is 0.339 e. The molecule has 2 aromatic carbocycles. The minimum absolute atomic E-state index is 0.0771. The van der Waals surface area contributed by atoms with Gasteiger partial charge in [-0.1, -0.05) is 29.8 Å². The second-order valence-corrected chi connectivity index (χ2v) is 8.81. The number of nitrogens with one attached hydrogen (secondary N) is 1. The molecule has 0 amide bonds. The van der Waals surface area contributed by atoms with Crippen LogP contribution in [0, 0.1) is 6.92 Å². The summed E-state index contributed by atoms with van der Waals surface area (Å²) >= 11 is 6.26. The van der Waals surface area contributed by atoms with Gasteiger partial charge in [-0.25, -0.2) is 14.8 Å². The summed E-state index contributed by atoms with van der Waals surface area (Å²) in [5.74, 6) is 0.904. The van der Waals surface area contributed by atoms with Crippen LogP contribution in [0.25, 0.3) is 22.2 Å². The fourth-order valence-corrected chi connectivity index (χ4v) is 4.33. The number of nitrogens with zero attached hydrogens (tertiary/aromatic N) is 2. The zero-order valence-electron chi connectivity index (χ0n) is 18.7. The summed E-state index contributed by atoms with van der Waals surface area (Å²) in [7, 11) is 0. The van der Waals surface area contributed by atoms with Gasteiger partial charge < -0.3 is 19.6 Å². The van der Waals surface area contributed by atoms with Gasteiger partial charge >= 0.3 is 5.97 Å². The van der Waals surface area contributed by atoms with E-state index < -0.39 is 5.97 Å². The molecule has 8 heteroatoms. The number of furan rings is 1. The summed E-state index contributed by atoms with van der Waals surface area (Å²) in [5.41, 5.74) is 3.44. The molecule has 0 aliphatic heterocycles. The second kappa shape index (κ2) is 9.35.